The second-order valence-electron chi connectivity index (χ2n) is 5.04. The standard InChI is InChI=1S/C12H20F3NO2/c13-12(14,15)9-16(8-11(17)18)7-10-5-3-1-2-4-6-10/h10H,1-9H2,(H,17,18). The van der Waals surface area contributed by atoms with Crippen LogP contribution >= 0.6 is 0 Å². The number of hydrogen-bond donors (Lipinski definition) is 1. The van der Waals surface area contributed by atoms with Gasteiger partial charge in [-0.25, -0.2) is 0 Å². The van der Waals surface area contributed by atoms with Gasteiger partial charge in [0, 0.05) is 6.54 Å². The second-order valence-corrected chi connectivity index (χ2v) is 5.04. The molecule has 1 rings (SSSR count). The lowest BCUT2D eigenvalue weighted by Crippen LogP contribution is -2.40. The fraction of sp³-hybridized carbons (Fsp3) is 0.917. The van der Waals surface area contributed by atoms with Crippen molar-refractivity contribution in [2.75, 3.05) is 19.6 Å². The molecule has 0 unspecified atom stereocenters. The summed E-state index contributed by atoms with van der Waals surface area (Å²) >= 11 is 0. The third kappa shape index (κ3) is 6.83. The summed E-state index contributed by atoms with van der Waals surface area (Å²) in [5, 5.41) is 8.66. The van der Waals surface area contributed by atoms with E-state index >= 15 is 0 Å². The molecular weight excluding hydrogens is 247 g/mol. The molecule has 1 aliphatic carbocycles. The molecule has 0 radical (unpaired) electrons. The highest BCUT2D eigenvalue weighted by Crippen LogP contribution is 2.25. The number of aliphatic carboxylic acids is 1. The maximum Gasteiger partial charge on any atom is 0.401 e. The van der Waals surface area contributed by atoms with Gasteiger partial charge < -0.3 is 5.11 Å². The zero-order chi connectivity index (χ0) is 13.6. The lowest BCUT2D eigenvalue weighted by atomic mass is 10.00. The Hall–Kier alpha value is -0.780. The molecule has 0 atom stereocenters. The Morgan fingerprint density at radius 1 is 1.17 bits per heavy atom. The molecule has 1 fully saturated rings. The highest BCUT2D eigenvalue weighted by Gasteiger charge is 2.32. The van der Waals surface area contributed by atoms with Crippen LogP contribution in [0.3, 0.4) is 0 Å². The Morgan fingerprint density at radius 2 is 1.72 bits per heavy atom. The van der Waals surface area contributed by atoms with Crippen molar-refractivity contribution in [1.29, 1.82) is 0 Å². The third-order valence-corrected chi connectivity index (χ3v) is 3.25. The van der Waals surface area contributed by atoms with Gasteiger partial charge in [-0.3, -0.25) is 9.69 Å². The topological polar surface area (TPSA) is 40.5 Å². The number of rotatable bonds is 5. The van der Waals surface area contributed by atoms with Gasteiger partial charge in [-0.2, -0.15) is 13.2 Å². The molecule has 0 aliphatic heterocycles. The average molecular weight is 267 g/mol. The van der Waals surface area contributed by atoms with E-state index in [4.69, 9.17) is 5.11 Å². The van der Waals surface area contributed by atoms with Gasteiger partial charge in [-0.1, -0.05) is 25.7 Å². The van der Waals surface area contributed by atoms with E-state index in [0.717, 1.165) is 43.4 Å². The number of carbonyl (C=O) groups is 1. The van der Waals surface area contributed by atoms with Crippen LogP contribution in [0.1, 0.15) is 38.5 Å². The van der Waals surface area contributed by atoms with E-state index in [1.807, 2.05) is 0 Å². The van der Waals surface area contributed by atoms with Gasteiger partial charge in [0.05, 0.1) is 13.1 Å². The van der Waals surface area contributed by atoms with Crippen LogP contribution in [0.5, 0.6) is 0 Å². The van der Waals surface area contributed by atoms with E-state index in [9.17, 15) is 18.0 Å². The molecule has 0 bridgehead atoms. The van der Waals surface area contributed by atoms with Crippen molar-refractivity contribution < 1.29 is 23.1 Å². The van der Waals surface area contributed by atoms with Crippen molar-refractivity contribution in [2.24, 2.45) is 5.92 Å². The molecule has 0 aromatic carbocycles. The van der Waals surface area contributed by atoms with Crippen LogP contribution in [-0.2, 0) is 4.79 Å². The SMILES string of the molecule is O=C(O)CN(CC1CCCCCC1)CC(F)(F)F. The van der Waals surface area contributed by atoms with Gasteiger partial charge in [0.25, 0.3) is 0 Å². The molecule has 3 nitrogen and oxygen atoms in total. The summed E-state index contributed by atoms with van der Waals surface area (Å²) in [6.07, 6.45) is 1.83. The van der Waals surface area contributed by atoms with Gasteiger partial charge in [0.15, 0.2) is 0 Å². The number of hydrogen-bond acceptors (Lipinski definition) is 2. The van der Waals surface area contributed by atoms with Gasteiger partial charge in [0.2, 0.25) is 0 Å². The van der Waals surface area contributed by atoms with E-state index in [-0.39, 0.29) is 12.5 Å². The van der Waals surface area contributed by atoms with E-state index in [0.29, 0.717) is 0 Å². The van der Waals surface area contributed by atoms with Crippen LogP contribution in [0, 0.1) is 5.92 Å². The van der Waals surface area contributed by atoms with Crippen molar-refractivity contribution in [1.82, 2.24) is 4.90 Å². The minimum atomic E-state index is -4.33. The summed E-state index contributed by atoms with van der Waals surface area (Å²) in [7, 11) is 0. The van der Waals surface area contributed by atoms with Crippen molar-refractivity contribution in [3.8, 4) is 0 Å². The second kappa shape index (κ2) is 6.97. The van der Waals surface area contributed by atoms with Crippen LogP contribution in [-0.4, -0.2) is 41.8 Å². The molecule has 1 saturated carbocycles. The molecule has 18 heavy (non-hydrogen) atoms. The van der Waals surface area contributed by atoms with Crippen LogP contribution in [0.15, 0.2) is 0 Å². The van der Waals surface area contributed by atoms with Crippen molar-refractivity contribution >= 4 is 5.97 Å². The lowest BCUT2D eigenvalue weighted by Gasteiger charge is -2.26. The molecule has 0 spiro atoms. The molecule has 0 saturated heterocycles. The zero-order valence-corrected chi connectivity index (χ0v) is 10.4. The highest BCUT2D eigenvalue weighted by molar-refractivity contribution is 5.69. The summed E-state index contributed by atoms with van der Waals surface area (Å²) in [5.41, 5.74) is 0. The Morgan fingerprint density at radius 3 is 2.17 bits per heavy atom. The predicted octanol–water partition coefficient (Wildman–Crippen LogP) is 2.91. The maximum absolute atomic E-state index is 12.4. The summed E-state index contributed by atoms with van der Waals surface area (Å²) in [5.74, 6) is -0.998. The quantitative estimate of drug-likeness (QED) is 0.779. The minimum absolute atomic E-state index is 0.203. The van der Waals surface area contributed by atoms with Crippen LogP contribution in [0.25, 0.3) is 0 Å². The van der Waals surface area contributed by atoms with Gasteiger partial charge >= 0.3 is 12.1 Å². The Labute approximate surface area is 105 Å². The molecule has 0 aromatic heterocycles. The maximum atomic E-state index is 12.4. The first-order valence-corrected chi connectivity index (χ1v) is 6.38. The van der Waals surface area contributed by atoms with E-state index in [1.165, 1.54) is 0 Å². The van der Waals surface area contributed by atoms with Gasteiger partial charge in [-0.15, -0.1) is 0 Å². The fourth-order valence-electron chi connectivity index (χ4n) is 2.54. The third-order valence-electron chi connectivity index (χ3n) is 3.25. The molecule has 6 heteroatoms. The number of nitrogens with zero attached hydrogens (tertiary/aromatic N) is 1. The van der Waals surface area contributed by atoms with Crippen molar-refractivity contribution in [3.63, 3.8) is 0 Å². The van der Waals surface area contributed by atoms with Gasteiger partial charge in [0.1, 0.15) is 0 Å². The molecule has 1 N–H and O–H groups in total. The number of alkyl halides is 3. The van der Waals surface area contributed by atoms with Crippen LogP contribution in [0.2, 0.25) is 0 Å². The first-order valence-electron chi connectivity index (χ1n) is 6.38. The Kier molecular flexibility index (Phi) is 5.91. The van der Waals surface area contributed by atoms with Gasteiger partial charge in [-0.05, 0) is 18.8 Å². The lowest BCUT2D eigenvalue weighted by molar-refractivity contribution is -0.155. The predicted molar refractivity (Wildman–Crippen MR) is 61.3 cm³/mol. The molecule has 0 amide bonds. The molecule has 0 heterocycles. The summed E-state index contributed by atoms with van der Waals surface area (Å²) in [4.78, 5) is 11.6. The smallest absolute Gasteiger partial charge is 0.401 e. The largest absolute Gasteiger partial charge is 0.480 e. The number of halogens is 3. The fourth-order valence-corrected chi connectivity index (χ4v) is 2.54. The number of carboxylic acids is 1. The van der Waals surface area contributed by atoms with E-state index in [2.05, 4.69) is 0 Å². The molecular formula is C12H20F3NO2. The zero-order valence-electron chi connectivity index (χ0n) is 10.4. The first-order chi connectivity index (χ1) is 8.37. The Balaban J connectivity index is 2.50. The van der Waals surface area contributed by atoms with Crippen molar-refractivity contribution in [2.45, 2.75) is 44.7 Å². The normalized spacial score (nSPS) is 18.9. The van der Waals surface area contributed by atoms with E-state index < -0.39 is 25.2 Å². The number of carboxylic acid groups (broad SMARTS) is 1. The summed E-state index contributed by atoms with van der Waals surface area (Å²) in [6, 6.07) is 0. The van der Waals surface area contributed by atoms with E-state index in [1.54, 1.807) is 0 Å². The molecule has 106 valence electrons. The first kappa shape index (κ1) is 15.3. The molecule has 1 aliphatic rings. The van der Waals surface area contributed by atoms with Crippen LogP contribution in [0.4, 0.5) is 13.2 Å². The molecule has 0 aromatic rings. The Bertz CT molecular complexity index is 261. The monoisotopic (exact) mass is 267 g/mol. The summed E-state index contributed by atoms with van der Waals surface area (Å²) in [6.45, 7) is -1.42. The average Bonchev–Trinajstić information content (AvgIpc) is 2.42. The minimum Gasteiger partial charge on any atom is -0.480 e. The van der Waals surface area contributed by atoms with Crippen molar-refractivity contribution in [3.05, 3.63) is 0 Å². The summed E-state index contributed by atoms with van der Waals surface area (Å²) < 4.78 is 37.1. The van der Waals surface area contributed by atoms with Crippen LogP contribution < -0.4 is 0 Å². The highest BCUT2D eigenvalue weighted by atomic mass is 19.4.